The van der Waals surface area contributed by atoms with Crippen molar-refractivity contribution in [2.24, 2.45) is 0 Å². The van der Waals surface area contributed by atoms with Crippen molar-refractivity contribution >= 4 is 5.91 Å². The van der Waals surface area contributed by atoms with Gasteiger partial charge in [-0.1, -0.05) is 12.8 Å². The number of ether oxygens (including phenoxy) is 1. The zero-order chi connectivity index (χ0) is 13.5. The molecular formula is C15H28N2O2. The van der Waals surface area contributed by atoms with Crippen LogP contribution in [0.2, 0.25) is 0 Å². The van der Waals surface area contributed by atoms with Crippen molar-refractivity contribution in [1.82, 2.24) is 10.2 Å². The minimum atomic E-state index is 0.0262. The SMILES string of the molecule is C[C@@H](C(=O)NCCCOC1CCCC1)N1CCCC1. The molecule has 1 saturated heterocycles. The number of hydrogen-bond donors (Lipinski definition) is 1. The smallest absolute Gasteiger partial charge is 0.237 e. The normalized spacial score (nSPS) is 22.8. The molecule has 4 heteroatoms. The molecule has 1 aliphatic carbocycles. The molecule has 0 bridgehead atoms. The van der Waals surface area contributed by atoms with Crippen molar-refractivity contribution in [3.05, 3.63) is 0 Å². The fourth-order valence-corrected chi connectivity index (χ4v) is 3.03. The second-order valence-corrected chi connectivity index (χ2v) is 5.84. The maximum Gasteiger partial charge on any atom is 0.237 e. The molecule has 0 aromatic carbocycles. The molecule has 1 N–H and O–H groups in total. The molecular weight excluding hydrogens is 240 g/mol. The Morgan fingerprint density at radius 1 is 1.26 bits per heavy atom. The molecule has 0 radical (unpaired) electrons. The summed E-state index contributed by atoms with van der Waals surface area (Å²) in [6.45, 7) is 5.67. The maximum atomic E-state index is 12.0. The minimum Gasteiger partial charge on any atom is -0.378 e. The molecule has 2 aliphatic rings. The van der Waals surface area contributed by atoms with Crippen LogP contribution in [0.3, 0.4) is 0 Å². The van der Waals surface area contributed by atoms with Gasteiger partial charge in [0.1, 0.15) is 0 Å². The number of carbonyl (C=O) groups is 1. The van der Waals surface area contributed by atoms with Crippen LogP contribution in [0, 0.1) is 0 Å². The monoisotopic (exact) mass is 268 g/mol. The Kier molecular flexibility index (Phi) is 6.11. The molecule has 19 heavy (non-hydrogen) atoms. The van der Waals surface area contributed by atoms with Gasteiger partial charge in [0.15, 0.2) is 0 Å². The Balaban J connectivity index is 1.50. The van der Waals surface area contributed by atoms with Crippen LogP contribution >= 0.6 is 0 Å². The van der Waals surface area contributed by atoms with Crippen molar-refractivity contribution in [3.63, 3.8) is 0 Å². The first-order valence-electron chi connectivity index (χ1n) is 7.91. The number of hydrogen-bond acceptors (Lipinski definition) is 3. The van der Waals surface area contributed by atoms with Gasteiger partial charge in [0.25, 0.3) is 0 Å². The highest BCUT2D eigenvalue weighted by Crippen LogP contribution is 2.20. The van der Waals surface area contributed by atoms with E-state index in [0.29, 0.717) is 6.10 Å². The fraction of sp³-hybridized carbons (Fsp3) is 0.933. The minimum absolute atomic E-state index is 0.0262. The van der Waals surface area contributed by atoms with Crippen LogP contribution in [0.4, 0.5) is 0 Å². The summed E-state index contributed by atoms with van der Waals surface area (Å²) in [7, 11) is 0. The highest BCUT2D eigenvalue weighted by Gasteiger charge is 2.23. The van der Waals surface area contributed by atoms with Crippen LogP contribution in [-0.4, -0.2) is 49.2 Å². The van der Waals surface area contributed by atoms with Gasteiger partial charge in [-0.25, -0.2) is 0 Å². The number of nitrogens with zero attached hydrogens (tertiary/aromatic N) is 1. The first-order valence-corrected chi connectivity index (χ1v) is 7.91. The fourth-order valence-electron chi connectivity index (χ4n) is 3.03. The quantitative estimate of drug-likeness (QED) is 0.717. The van der Waals surface area contributed by atoms with Gasteiger partial charge in [-0.3, -0.25) is 9.69 Å². The van der Waals surface area contributed by atoms with Gasteiger partial charge in [-0.15, -0.1) is 0 Å². The third-order valence-corrected chi connectivity index (χ3v) is 4.34. The molecule has 2 fully saturated rings. The number of rotatable bonds is 7. The van der Waals surface area contributed by atoms with Gasteiger partial charge in [0, 0.05) is 13.2 Å². The summed E-state index contributed by atoms with van der Waals surface area (Å²) in [6, 6.07) is 0.0262. The van der Waals surface area contributed by atoms with Gasteiger partial charge in [-0.05, 0) is 52.1 Å². The second-order valence-electron chi connectivity index (χ2n) is 5.84. The molecule has 0 aromatic heterocycles. The molecule has 1 saturated carbocycles. The summed E-state index contributed by atoms with van der Waals surface area (Å²) in [6.07, 6.45) is 8.94. The van der Waals surface area contributed by atoms with E-state index >= 15 is 0 Å². The van der Waals surface area contributed by atoms with Gasteiger partial charge in [0.2, 0.25) is 5.91 Å². The van der Waals surface area contributed by atoms with Crippen molar-refractivity contribution < 1.29 is 9.53 Å². The molecule has 0 spiro atoms. The van der Waals surface area contributed by atoms with E-state index in [1.807, 2.05) is 6.92 Å². The third-order valence-electron chi connectivity index (χ3n) is 4.34. The molecule has 0 aromatic rings. The van der Waals surface area contributed by atoms with Crippen molar-refractivity contribution in [2.75, 3.05) is 26.2 Å². The second kappa shape index (κ2) is 7.85. The highest BCUT2D eigenvalue weighted by molar-refractivity contribution is 5.81. The molecule has 1 atom stereocenters. The van der Waals surface area contributed by atoms with E-state index in [2.05, 4.69) is 10.2 Å². The Hall–Kier alpha value is -0.610. The van der Waals surface area contributed by atoms with E-state index in [0.717, 1.165) is 32.7 Å². The van der Waals surface area contributed by atoms with E-state index in [4.69, 9.17) is 4.74 Å². The Labute approximate surface area is 116 Å². The molecule has 4 nitrogen and oxygen atoms in total. The van der Waals surface area contributed by atoms with E-state index < -0.39 is 0 Å². The largest absolute Gasteiger partial charge is 0.378 e. The summed E-state index contributed by atoms with van der Waals surface area (Å²) in [5.74, 6) is 0.169. The number of likely N-dealkylation sites (tertiary alicyclic amines) is 1. The molecule has 1 amide bonds. The number of carbonyl (C=O) groups excluding carboxylic acids is 1. The third kappa shape index (κ3) is 4.77. The van der Waals surface area contributed by atoms with Crippen molar-refractivity contribution in [1.29, 1.82) is 0 Å². The van der Waals surface area contributed by atoms with Crippen LogP contribution in [0.5, 0.6) is 0 Å². The molecule has 1 heterocycles. The summed E-state index contributed by atoms with van der Waals surface area (Å²) < 4.78 is 5.78. The van der Waals surface area contributed by atoms with Crippen LogP contribution in [-0.2, 0) is 9.53 Å². The molecule has 0 unspecified atom stereocenters. The van der Waals surface area contributed by atoms with Gasteiger partial charge >= 0.3 is 0 Å². The molecule has 1 aliphatic heterocycles. The first-order chi connectivity index (χ1) is 9.27. The van der Waals surface area contributed by atoms with Gasteiger partial charge < -0.3 is 10.1 Å². The molecule has 110 valence electrons. The lowest BCUT2D eigenvalue weighted by atomic mass is 10.2. The topological polar surface area (TPSA) is 41.6 Å². The Morgan fingerprint density at radius 3 is 2.63 bits per heavy atom. The zero-order valence-corrected chi connectivity index (χ0v) is 12.2. The maximum absolute atomic E-state index is 12.0. The van der Waals surface area contributed by atoms with E-state index in [1.165, 1.54) is 38.5 Å². The summed E-state index contributed by atoms with van der Waals surface area (Å²) in [5, 5.41) is 3.02. The average Bonchev–Trinajstić information content (AvgIpc) is 3.10. The standard InChI is InChI=1S/C15H28N2O2/c1-13(17-10-4-5-11-17)15(18)16-9-6-12-19-14-7-2-3-8-14/h13-14H,2-12H2,1H3,(H,16,18)/t13-/m0/s1. The van der Waals surface area contributed by atoms with Gasteiger partial charge in [-0.2, -0.15) is 0 Å². The average molecular weight is 268 g/mol. The molecule has 2 rings (SSSR count). The van der Waals surface area contributed by atoms with E-state index in [1.54, 1.807) is 0 Å². The Morgan fingerprint density at radius 2 is 1.95 bits per heavy atom. The van der Waals surface area contributed by atoms with Crippen LogP contribution in [0.1, 0.15) is 51.9 Å². The van der Waals surface area contributed by atoms with Crippen LogP contribution in [0.25, 0.3) is 0 Å². The zero-order valence-electron chi connectivity index (χ0n) is 12.2. The number of nitrogens with one attached hydrogen (secondary N) is 1. The summed E-state index contributed by atoms with van der Waals surface area (Å²) in [5.41, 5.74) is 0. The predicted octanol–water partition coefficient (Wildman–Crippen LogP) is 1.94. The Bertz CT molecular complexity index is 271. The van der Waals surface area contributed by atoms with Crippen molar-refractivity contribution in [2.45, 2.75) is 64.0 Å². The van der Waals surface area contributed by atoms with Crippen LogP contribution in [0.15, 0.2) is 0 Å². The first kappa shape index (κ1) is 14.8. The lowest BCUT2D eigenvalue weighted by Gasteiger charge is -2.22. The van der Waals surface area contributed by atoms with Gasteiger partial charge in [0.05, 0.1) is 12.1 Å². The van der Waals surface area contributed by atoms with E-state index in [9.17, 15) is 4.79 Å². The summed E-state index contributed by atoms with van der Waals surface area (Å²) in [4.78, 5) is 14.2. The van der Waals surface area contributed by atoms with Crippen LogP contribution < -0.4 is 5.32 Å². The number of amides is 1. The summed E-state index contributed by atoms with van der Waals surface area (Å²) >= 11 is 0. The lowest BCUT2D eigenvalue weighted by molar-refractivity contribution is -0.125. The van der Waals surface area contributed by atoms with E-state index in [-0.39, 0.29) is 11.9 Å². The predicted molar refractivity (Wildman–Crippen MR) is 76.1 cm³/mol. The van der Waals surface area contributed by atoms with Crippen molar-refractivity contribution in [3.8, 4) is 0 Å². The highest BCUT2D eigenvalue weighted by atomic mass is 16.5. The lowest BCUT2D eigenvalue weighted by Crippen LogP contribution is -2.44.